The predicted octanol–water partition coefficient (Wildman–Crippen LogP) is 1.00. The van der Waals surface area contributed by atoms with E-state index in [0.717, 1.165) is 52.2 Å². The number of nitrogens with zero attached hydrogens (tertiary/aromatic N) is 2. The van der Waals surface area contributed by atoms with Gasteiger partial charge in [0.05, 0.1) is 6.54 Å². The van der Waals surface area contributed by atoms with Crippen LogP contribution < -0.4 is 5.32 Å². The lowest BCUT2D eigenvalue weighted by Crippen LogP contribution is -2.44. The number of carboxylic acids is 2. The smallest absolute Gasteiger partial charge is 0.475 e. The van der Waals surface area contributed by atoms with Crippen LogP contribution in [0.4, 0.5) is 31.1 Å². The fraction of sp³-hybridized carbons (Fsp3) is 0.786. The molecule has 0 aromatic carbocycles. The summed E-state index contributed by atoms with van der Waals surface area (Å²) in [7, 11) is 0. The number of carboxylic acid groups (broad SMARTS) is 2. The van der Waals surface area contributed by atoms with Gasteiger partial charge in [0, 0.05) is 32.7 Å². The lowest BCUT2D eigenvalue weighted by Gasteiger charge is -2.27. The van der Waals surface area contributed by atoms with Gasteiger partial charge in [-0.2, -0.15) is 26.3 Å². The second-order valence-corrected chi connectivity index (χ2v) is 5.65. The third kappa shape index (κ3) is 12.7. The normalized spacial score (nSPS) is 17.4. The maximum Gasteiger partial charge on any atom is 0.490 e. The van der Waals surface area contributed by atoms with Gasteiger partial charge in [0.2, 0.25) is 0 Å². The number of alkyl halides is 6. The van der Waals surface area contributed by atoms with Gasteiger partial charge in [-0.05, 0) is 13.0 Å². The van der Waals surface area contributed by atoms with E-state index in [2.05, 4.69) is 10.2 Å². The van der Waals surface area contributed by atoms with Crippen molar-refractivity contribution in [2.75, 3.05) is 52.4 Å². The highest BCUT2D eigenvalue weighted by Gasteiger charge is 2.38. The van der Waals surface area contributed by atoms with Crippen molar-refractivity contribution in [2.24, 2.45) is 0 Å². The molecule has 0 saturated carbocycles. The second-order valence-electron chi connectivity index (χ2n) is 5.65. The number of rotatable bonds is 4. The minimum Gasteiger partial charge on any atom is -0.475 e. The molecule has 170 valence electrons. The van der Waals surface area contributed by atoms with Crippen molar-refractivity contribution in [3.8, 4) is 0 Å². The average Bonchev–Trinajstić information content (AvgIpc) is 3.00. The van der Waals surface area contributed by atoms with Gasteiger partial charge in [0.15, 0.2) is 0 Å². The lowest BCUT2D eigenvalue weighted by molar-refractivity contribution is -0.193. The van der Waals surface area contributed by atoms with Crippen LogP contribution in [0.3, 0.4) is 0 Å². The Morgan fingerprint density at radius 3 is 1.72 bits per heavy atom. The highest BCUT2D eigenvalue weighted by Crippen LogP contribution is 2.13. The number of carbonyl (C=O) groups excluding carboxylic acids is 1. The molecule has 0 aromatic heterocycles. The summed E-state index contributed by atoms with van der Waals surface area (Å²) in [5.41, 5.74) is 0. The molecule has 0 unspecified atom stereocenters. The Labute approximate surface area is 161 Å². The van der Waals surface area contributed by atoms with E-state index in [1.54, 1.807) is 4.90 Å². The fourth-order valence-electron chi connectivity index (χ4n) is 2.05. The molecule has 0 aliphatic carbocycles. The minimum atomic E-state index is -5.08. The van der Waals surface area contributed by atoms with E-state index in [1.807, 2.05) is 0 Å². The summed E-state index contributed by atoms with van der Waals surface area (Å²) in [5, 5.41) is 17.6. The summed E-state index contributed by atoms with van der Waals surface area (Å²) >= 11 is 0. The number of cyclic esters (lactones) is 1. The maximum absolute atomic E-state index is 11.1. The third-order valence-electron chi connectivity index (χ3n) is 3.44. The Balaban J connectivity index is 0.000000473. The summed E-state index contributed by atoms with van der Waals surface area (Å²) in [6.45, 7) is 7.69. The standard InChI is InChI=1S/C10H19N3O2.2C2HF3O2/c14-10-13(8-9-15-10)5-1-4-12-6-2-11-3-7-12;2*3-2(4,5)1(6)7/h11H,1-9H2;2*(H,6,7). The summed E-state index contributed by atoms with van der Waals surface area (Å²) in [5.74, 6) is -5.51. The largest absolute Gasteiger partial charge is 0.490 e. The lowest BCUT2D eigenvalue weighted by atomic mass is 10.3. The van der Waals surface area contributed by atoms with Gasteiger partial charge < -0.3 is 30.1 Å². The molecule has 2 aliphatic heterocycles. The zero-order valence-electron chi connectivity index (χ0n) is 15.1. The third-order valence-corrected chi connectivity index (χ3v) is 3.44. The predicted molar refractivity (Wildman–Crippen MR) is 84.2 cm³/mol. The van der Waals surface area contributed by atoms with Gasteiger partial charge in [-0.3, -0.25) is 0 Å². The van der Waals surface area contributed by atoms with Crippen LogP contribution >= 0.6 is 0 Å². The van der Waals surface area contributed by atoms with Crippen LogP contribution in [0.15, 0.2) is 0 Å². The molecule has 1 amide bonds. The van der Waals surface area contributed by atoms with Gasteiger partial charge in [-0.1, -0.05) is 0 Å². The van der Waals surface area contributed by atoms with Gasteiger partial charge in [0.25, 0.3) is 0 Å². The average molecular weight is 441 g/mol. The van der Waals surface area contributed by atoms with Crippen LogP contribution in [0.2, 0.25) is 0 Å². The minimum absolute atomic E-state index is 0.143. The molecule has 2 heterocycles. The van der Waals surface area contributed by atoms with Crippen LogP contribution in [0, 0.1) is 0 Å². The van der Waals surface area contributed by atoms with Gasteiger partial charge >= 0.3 is 30.4 Å². The molecule has 0 spiro atoms. The molecule has 0 radical (unpaired) electrons. The van der Waals surface area contributed by atoms with Crippen LogP contribution in [0.25, 0.3) is 0 Å². The topological polar surface area (TPSA) is 119 Å². The first kappa shape index (κ1) is 26.7. The number of carbonyl (C=O) groups is 3. The molecule has 2 rings (SSSR count). The van der Waals surface area contributed by atoms with Crippen molar-refractivity contribution in [3.05, 3.63) is 0 Å². The van der Waals surface area contributed by atoms with E-state index in [4.69, 9.17) is 24.5 Å². The number of nitrogens with one attached hydrogen (secondary N) is 1. The zero-order valence-corrected chi connectivity index (χ0v) is 15.1. The molecule has 0 bridgehead atoms. The fourth-order valence-corrected chi connectivity index (χ4v) is 2.05. The van der Waals surface area contributed by atoms with Crippen molar-refractivity contribution in [1.29, 1.82) is 0 Å². The van der Waals surface area contributed by atoms with Crippen LogP contribution in [0.1, 0.15) is 6.42 Å². The number of aliphatic carboxylic acids is 2. The Bertz CT molecular complexity index is 513. The van der Waals surface area contributed by atoms with E-state index < -0.39 is 24.3 Å². The van der Waals surface area contributed by atoms with E-state index in [-0.39, 0.29) is 6.09 Å². The first-order valence-corrected chi connectivity index (χ1v) is 8.20. The SMILES string of the molecule is O=C(O)C(F)(F)F.O=C(O)C(F)(F)F.O=C1OCCN1CCCN1CCNCC1. The molecular weight excluding hydrogens is 420 g/mol. The molecule has 15 heteroatoms. The number of hydrogen-bond donors (Lipinski definition) is 3. The Hall–Kier alpha value is -2.29. The summed E-state index contributed by atoms with van der Waals surface area (Å²) in [4.78, 5) is 33.2. The molecule has 2 fully saturated rings. The molecule has 3 N–H and O–H groups in total. The quantitative estimate of drug-likeness (QED) is 0.553. The van der Waals surface area contributed by atoms with Crippen molar-refractivity contribution in [2.45, 2.75) is 18.8 Å². The Morgan fingerprint density at radius 2 is 1.38 bits per heavy atom. The molecule has 29 heavy (non-hydrogen) atoms. The van der Waals surface area contributed by atoms with Crippen molar-refractivity contribution in [1.82, 2.24) is 15.1 Å². The summed E-state index contributed by atoms with van der Waals surface area (Å²) in [6.07, 6.45) is -9.26. The number of amides is 1. The van der Waals surface area contributed by atoms with Crippen molar-refractivity contribution >= 4 is 18.0 Å². The summed E-state index contributed by atoms with van der Waals surface area (Å²) < 4.78 is 68.3. The van der Waals surface area contributed by atoms with Gasteiger partial charge in [-0.15, -0.1) is 0 Å². The van der Waals surface area contributed by atoms with Crippen molar-refractivity contribution < 1.29 is 55.7 Å². The van der Waals surface area contributed by atoms with Gasteiger partial charge in [0.1, 0.15) is 6.61 Å². The first-order chi connectivity index (χ1) is 13.2. The van der Waals surface area contributed by atoms with E-state index in [0.29, 0.717) is 6.61 Å². The number of hydrogen-bond acceptors (Lipinski definition) is 6. The first-order valence-electron chi connectivity index (χ1n) is 8.20. The molecule has 2 saturated heterocycles. The van der Waals surface area contributed by atoms with Gasteiger partial charge in [-0.25, -0.2) is 14.4 Å². The summed E-state index contributed by atoms with van der Waals surface area (Å²) in [6, 6.07) is 0. The van der Waals surface area contributed by atoms with E-state index >= 15 is 0 Å². The van der Waals surface area contributed by atoms with Crippen LogP contribution in [-0.4, -0.2) is 103 Å². The molecule has 2 aliphatic rings. The Kier molecular flexibility index (Phi) is 11.3. The Morgan fingerprint density at radius 1 is 0.931 bits per heavy atom. The maximum atomic E-state index is 11.1. The number of piperazine rings is 1. The highest BCUT2D eigenvalue weighted by atomic mass is 19.4. The van der Waals surface area contributed by atoms with E-state index in [1.165, 1.54) is 0 Å². The van der Waals surface area contributed by atoms with Crippen molar-refractivity contribution in [3.63, 3.8) is 0 Å². The number of halogens is 6. The zero-order chi connectivity index (χ0) is 22.7. The number of ether oxygens (including phenoxy) is 1. The van der Waals surface area contributed by atoms with Crippen LogP contribution in [0.5, 0.6) is 0 Å². The molecule has 0 atom stereocenters. The van der Waals surface area contributed by atoms with Crippen LogP contribution in [-0.2, 0) is 14.3 Å². The monoisotopic (exact) mass is 441 g/mol. The molecular formula is C14H21F6N3O6. The molecule has 9 nitrogen and oxygen atoms in total. The molecule has 0 aromatic rings. The second kappa shape index (κ2) is 12.3. The highest BCUT2D eigenvalue weighted by molar-refractivity contribution is 5.73. The van der Waals surface area contributed by atoms with E-state index in [9.17, 15) is 31.1 Å².